The fourth-order valence-electron chi connectivity index (χ4n) is 9.78. The molecule has 13 aromatic rings. The van der Waals surface area contributed by atoms with Crippen molar-refractivity contribution in [2.75, 3.05) is 0 Å². The van der Waals surface area contributed by atoms with Crippen molar-refractivity contribution in [2.45, 2.75) is 0 Å². The molecule has 0 saturated carbocycles. The number of rotatable bonds is 4. The smallest absolute Gasteiger partial charge is 0.263 e. The Hall–Kier alpha value is -7.95. The van der Waals surface area contributed by atoms with Gasteiger partial charge >= 0.3 is 0 Å². The molecule has 13 rings (SSSR count). The highest BCUT2D eigenvalue weighted by molar-refractivity contribution is 6.21. The summed E-state index contributed by atoms with van der Waals surface area (Å²) in [7, 11) is 0. The van der Waals surface area contributed by atoms with Gasteiger partial charge in [0.05, 0.1) is 22.1 Å². The molecule has 0 amide bonds. The van der Waals surface area contributed by atoms with E-state index in [9.17, 15) is 4.79 Å². The molecule has 4 nitrogen and oxygen atoms in total. The van der Waals surface area contributed by atoms with Gasteiger partial charge in [0.1, 0.15) is 11.2 Å². The molecule has 4 heterocycles. The molecular weight excluding hydrogens is 721 g/mol. The van der Waals surface area contributed by atoms with E-state index in [2.05, 4.69) is 174 Å². The summed E-state index contributed by atoms with van der Waals surface area (Å²) in [5, 5.41) is 9.58. The van der Waals surface area contributed by atoms with Crippen LogP contribution in [0.15, 0.2) is 203 Å². The summed E-state index contributed by atoms with van der Waals surface area (Å²) in [4.78, 5) is 14.3. The summed E-state index contributed by atoms with van der Waals surface area (Å²) in [5.74, 6) is 0. The van der Waals surface area contributed by atoms with Gasteiger partial charge in [-0.15, -0.1) is 0 Å². The summed E-state index contributed by atoms with van der Waals surface area (Å²) in [6, 6.07) is 68.4. The second kappa shape index (κ2) is 12.0. The molecule has 4 heteroatoms. The maximum Gasteiger partial charge on any atom is 0.263 e. The van der Waals surface area contributed by atoms with Crippen LogP contribution in [0, 0.1) is 0 Å². The third-order valence-corrected chi connectivity index (χ3v) is 12.5. The van der Waals surface area contributed by atoms with Crippen LogP contribution in [0.3, 0.4) is 0 Å². The zero-order chi connectivity index (χ0) is 38.8. The molecule has 0 fully saturated rings. The Morgan fingerprint density at radius 2 is 0.949 bits per heavy atom. The van der Waals surface area contributed by atoms with Gasteiger partial charge in [0.15, 0.2) is 0 Å². The van der Waals surface area contributed by atoms with Gasteiger partial charge in [-0.1, -0.05) is 133 Å². The first kappa shape index (κ1) is 32.2. The molecule has 0 aliphatic carbocycles. The molecule has 274 valence electrons. The van der Waals surface area contributed by atoms with Crippen molar-refractivity contribution < 1.29 is 4.42 Å². The highest BCUT2D eigenvalue weighted by Gasteiger charge is 2.20. The van der Waals surface area contributed by atoms with E-state index >= 15 is 0 Å². The zero-order valence-corrected chi connectivity index (χ0v) is 31.7. The van der Waals surface area contributed by atoms with E-state index in [4.69, 9.17) is 4.42 Å². The first-order valence-corrected chi connectivity index (χ1v) is 20.0. The van der Waals surface area contributed by atoms with Crippen molar-refractivity contribution in [2.24, 2.45) is 0 Å². The molecule has 0 aliphatic rings. The van der Waals surface area contributed by atoms with Crippen molar-refractivity contribution in [3.63, 3.8) is 0 Å². The molecule has 4 aromatic heterocycles. The molecule has 9 aromatic carbocycles. The maximum atomic E-state index is 14.3. The summed E-state index contributed by atoms with van der Waals surface area (Å²) in [5.41, 5.74) is 13.7. The van der Waals surface area contributed by atoms with Gasteiger partial charge < -0.3 is 8.98 Å². The quantitative estimate of drug-likeness (QED) is 0.168. The maximum absolute atomic E-state index is 14.3. The Balaban J connectivity index is 0.961. The molecule has 59 heavy (non-hydrogen) atoms. The van der Waals surface area contributed by atoms with Crippen LogP contribution >= 0.6 is 0 Å². The van der Waals surface area contributed by atoms with Crippen molar-refractivity contribution in [1.29, 1.82) is 0 Å². The van der Waals surface area contributed by atoms with Crippen LogP contribution in [0.25, 0.3) is 121 Å². The number of furan rings is 1. The highest BCUT2D eigenvalue weighted by Crippen LogP contribution is 2.41. The summed E-state index contributed by atoms with van der Waals surface area (Å²) in [6.45, 7) is 0. The highest BCUT2D eigenvalue weighted by atomic mass is 16.3. The number of para-hydroxylation sites is 4. The SMILES string of the molecule is O=c1c2ccc(-c3ccccc3)cc2c2cccc3c4cc(-c5cccc(-n6c7ccccc7c7cc(-c8cccc9c8oc8ccccc89)ccc76)c5)ccc4n1c23. The van der Waals surface area contributed by atoms with Crippen LogP contribution in [-0.4, -0.2) is 8.97 Å². The van der Waals surface area contributed by atoms with Crippen LogP contribution in [-0.2, 0) is 0 Å². The van der Waals surface area contributed by atoms with Crippen LogP contribution in [0.2, 0.25) is 0 Å². The first-order chi connectivity index (χ1) is 29.2. The van der Waals surface area contributed by atoms with E-state index in [-0.39, 0.29) is 5.56 Å². The lowest BCUT2D eigenvalue weighted by Crippen LogP contribution is -2.12. The number of hydrogen-bond donors (Lipinski definition) is 0. The predicted molar refractivity (Wildman–Crippen MR) is 245 cm³/mol. The number of aromatic nitrogens is 2. The van der Waals surface area contributed by atoms with Crippen molar-refractivity contribution in [1.82, 2.24) is 8.97 Å². The van der Waals surface area contributed by atoms with Crippen molar-refractivity contribution >= 4 is 81.7 Å². The number of benzene rings is 9. The Bertz CT molecular complexity index is 3920. The summed E-state index contributed by atoms with van der Waals surface area (Å²) >= 11 is 0. The summed E-state index contributed by atoms with van der Waals surface area (Å²) in [6.07, 6.45) is 0. The minimum absolute atomic E-state index is 0.0110. The van der Waals surface area contributed by atoms with E-state index < -0.39 is 0 Å². The Kier molecular flexibility index (Phi) is 6.56. The topological polar surface area (TPSA) is 39.5 Å². The first-order valence-electron chi connectivity index (χ1n) is 20.0. The van der Waals surface area contributed by atoms with Gasteiger partial charge in [-0.25, -0.2) is 0 Å². The molecule has 0 radical (unpaired) electrons. The second-order valence-corrected chi connectivity index (χ2v) is 15.6. The predicted octanol–water partition coefficient (Wildman–Crippen LogP) is 14.2. The van der Waals surface area contributed by atoms with Crippen LogP contribution in [0.1, 0.15) is 0 Å². The number of hydrogen-bond acceptors (Lipinski definition) is 2. The third-order valence-electron chi connectivity index (χ3n) is 12.5. The lowest BCUT2D eigenvalue weighted by Gasteiger charge is -2.11. The molecule has 0 N–H and O–H groups in total. The monoisotopic (exact) mass is 752 g/mol. The molecular formula is C55H32N2O2. The largest absolute Gasteiger partial charge is 0.455 e. The van der Waals surface area contributed by atoms with E-state index in [0.717, 1.165) is 110 Å². The molecule has 0 unspecified atom stereocenters. The van der Waals surface area contributed by atoms with E-state index in [1.54, 1.807) is 0 Å². The fourth-order valence-corrected chi connectivity index (χ4v) is 9.78. The van der Waals surface area contributed by atoms with Crippen LogP contribution in [0.4, 0.5) is 0 Å². The third kappa shape index (κ3) is 4.57. The van der Waals surface area contributed by atoms with E-state index in [0.29, 0.717) is 0 Å². The minimum Gasteiger partial charge on any atom is -0.455 e. The average Bonchev–Trinajstić information content (AvgIpc) is 3.96. The normalized spacial score (nSPS) is 12.1. The van der Waals surface area contributed by atoms with Crippen molar-refractivity contribution in [3.8, 4) is 39.1 Å². The molecule has 0 saturated heterocycles. The van der Waals surface area contributed by atoms with Gasteiger partial charge in [-0.05, 0) is 93.9 Å². The Labute approximate surface area is 337 Å². The van der Waals surface area contributed by atoms with Gasteiger partial charge in [-0.3, -0.25) is 9.20 Å². The Morgan fingerprint density at radius 1 is 0.356 bits per heavy atom. The molecule has 0 spiro atoms. The number of fused-ring (bicyclic) bond motifs is 11. The number of pyridine rings is 1. The lowest BCUT2D eigenvalue weighted by atomic mass is 9.98. The molecule has 0 atom stereocenters. The van der Waals surface area contributed by atoms with Gasteiger partial charge in [0.2, 0.25) is 0 Å². The van der Waals surface area contributed by atoms with Gasteiger partial charge in [-0.2, -0.15) is 0 Å². The summed E-state index contributed by atoms with van der Waals surface area (Å²) < 4.78 is 10.7. The van der Waals surface area contributed by atoms with Gasteiger partial charge in [0.25, 0.3) is 5.56 Å². The Morgan fingerprint density at radius 3 is 1.86 bits per heavy atom. The average molecular weight is 753 g/mol. The van der Waals surface area contributed by atoms with Crippen molar-refractivity contribution in [3.05, 3.63) is 204 Å². The minimum atomic E-state index is 0.0110. The van der Waals surface area contributed by atoms with Crippen LogP contribution in [0.5, 0.6) is 0 Å². The second-order valence-electron chi connectivity index (χ2n) is 15.6. The molecule has 0 aliphatic heterocycles. The standard InChI is InChI=1S/C55H32N2O2/c58-55-45-26-23-35(33-11-2-1-3-12-33)30-46(45)42-18-10-19-43-48-31-36(24-27-51(48)57(55)53(42)43)34-13-8-14-38(29-34)56-49-21-6-4-15-40(49)47-32-37(25-28-50(47)56)39-17-9-20-44-41-16-5-7-22-52(41)59-54(39)44/h1-32H. The zero-order valence-electron chi connectivity index (χ0n) is 31.7. The fraction of sp³-hybridized carbons (Fsp3) is 0. The lowest BCUT2D eigenvalue weighted by molar-refractivity contribution is 0.670. The van der Waals surface area contributed by atoms with E-state index in [1.165, 1.54) is 10.8 Å². The van der Waals surface area contributed by atoms with Crippen LogP contribution < -0.4 is 5.56 Å². The number of nitrogens with zero attached hydrogens (tertiary/aromatic N) is 2. The van der Waals surface area contributed by atoms with E-state index in [1.807, 2.05) is 28.7 Å². The van der Waals surface area contributed by atoms with Gasteiger partial charge in [0, 0.05) is 54.3 Å². The molecule has 0 bridgehead atoms.